The number of carbonyl (C=O) groups is 4. The Labute approximate surface area is 455 Å². The Morgan fingerprint density at radius 2 is 0.882 bits per heavy atom. The van der Waals surface area contributed by atoms with Gasteiger partial charge >= 0.3 is 5.97 Å². The van der Waals surface area contributed by atoms with E-state index < -0.39 is 69.9 Å². The van der Waals surface area contributed by atoms with Crippen molar-refractivity contribution >= 4 is 47.2 Å². The lowest BCUT2D eigenvalue weighted by Gasteiger charge is -2.37. The van der Waals surface area contributed by atoms with Crippen LogP contribution in [0, 0.1) is 5.92 Å². The third kappa shape index (κ3) is 14.8. The second kappa shape index (κ2) is 28.1. The highest BCUT2D eigenvalue weighted by molar-refractivity contribution is 8.00. The van der Waals surface area contributed by atoms with E-state index >= 15 is 0 Å². The molecule has 0 aliphatic rings. The molecule has 0 radical (unpaired) electrons. The van der Waals surface area contributed by atoms with Crippen LogP contribution in [0.4, 0.5) is 0 Å². The summed E-state index contributed by atoms with van der Waals surface area (Å²) in [6.07, 6.45) is 0.664. The molecule has 10 nitrogen and oxygen atoms in total. The lowest BCUT2D eigenvalue weighted by molar-refractivity contribution is -0.140. The lowest BCUT2D eigenvalue weighted by atomic mass is 9.84. The molecule has 5 atom stereocenters. The summed E-state index contributed by atoms with van der Waals surface area (Å²) < 4.78 is -1.39. The number of allylic oxidation sites excluding steroid dienone is 1. The highest BCUT2D eigenvalue weighted by atomic mass is 32.2. The van der Waals surface area contributed by atoms with Gasteiger partial charge in [-0.2, -0.15) is 0 Å². The van der Waals surface area contributed by atoms with Crippen LogP contribution in [0.5, 0.6) is 0 Å². The molecule has 6 N–H and O–H groups in total. The van der Waals surface area contributed by atoms with Gasteiger partial charge in [0.05, 0.1) is 40.6 Å². The summed E-state index contributed by atoms with van der Waals surface area (Å²) in [5.74, 6) is -2.75. The molecular formula is C64H67N3O7S2. The summed E-state index contributed by atoms with van der Waals surface area (Å²) in [5, 5.41) is 40.7. The van der Waals surface area contributed by atoms with E-state index in [-0.39, 0.29) is 24.5 Å². The van der Waals surface area contributed by atoms with E-state index in [4.69, 9.17) is 0 Å². The van der Waals surface area contributed by atoms with Crippen LogP contribution in [0.25, 0.3) is 0 Å². The molecule has 0 saturated carbocycles. The van der Waals surface area contributed by atoms with Gasteiger partial charge in [-0.25, -0.2) is 0 Å². The van der Waals surface area contributed by atoms with Crippen LogP contribution < -0.4 is 16.0 Å². The summed E-state index contributed by atoms with van der Waals surface area (Å²) >= 11 is 3.25. The molecule has 3 amide bonds. The molecule has 0 heterocycles. The first-order valence-electron chi connectivity index (χ1n) is 25.7. The molecule has 0 bridgehead atoms. The van der Waals surface area contributed by atoms with Crippen molar-refractivity contribution in [3.63, 3.8) is 0 Å². The Morgan fingerprint density at radius 1 is 0.500 bits per heavy atom. The molecule has 12 heteroatoms. The third-order valence-corrected chi connectivity index (χ3v) is 16.5. The minimum Gasteiger partial charge on any atom is -0.481 e. The molecular weight excluding hydrogens is 987 g/mol. The normalized spacial score (nSPS) is 13.8. The Hall–Kier alpha value is -7.22. The van der Waals surface area contributed by atoms with Gasteiger partial charge in [0.25, 0.3) is 0 Å². The van der Waals surface area contributed by atoms with E-state index in [0.717, 1.165) is 38.9 Å². The number of aliphatic hydroxyl groups is 2. The molecule has 0 saturated heterocycles. The van der Waals surface area contributed by atoms with Crippen LogP contribution in [0.1, 0.15) is 72.1 Å². The van der Waals surface area contributed by atoms with E-state index in [9.17, 15) is 34.5 Å². The second-order valence-corrected chi connectivity index (χ2v) is 21.6. The molecule has 76 heavy (non-hydrogen) atoms. The zero-order chi connectivity index (χ0) is 53.8. The minimum absolute atomic E-state index is 0.00700. The maximum atomic E-state index is 14.8. The molecule has 0 aliphatic carbocycles. The van der Waals surface area contributed by atoms with Crippen molar-refractivity contribution in [1.29, 1.82) is 0 Å². The number of carboxylic acid groups (broad SMARTS) is 1. The number of hydrogen-bond donors (Lipinski definition) is 6. The van der Waals surface area contributed by atoms with Gasteiger partial charge in [-0.1, -0.05) is 238 Å². The first-order chi connectivity index (χ1) is 36.9. The van der Waals surface area contributed by atoms with Crippen LogP contribution in [0.15, 0.2) is 224 Å². The largest absolute Gasteiger partial charge is 0.481 e. The maximum absolute atomic E-state index is 14.8. The quantitative estimate of drug-likeness (QED) is 0.0167. The predicted octanol–water partition coefficient (Wildman–Crippen LogP) is 10.3. The summed E-state index contributed by atoms with van der Waals surface area (Å²) in [6, 6.07) is 66.8. The zero-order valence-corrected chi connectivity index (χ0v) is 44.5. The average molecular weight is 1050 g/mol. The van der Waals surface area contributed by atoms with Crippen molar-refractivity contribution in [3.05, 3.63) is 263 Å². The van der Waals surface area contributed by atoms with Crippen LogP contribution in [0.2, 0.25) is 0 Å². The highest BCUT2D eigenvalue weighted by Gasteiger charge is 2.40. The van der Waals surface area contributed by atoms with Crippen LogP contribution in [-0.2, 0) is 35.1 Å². The van der Waals surface area contributed by atoms with Gasteiger partial charge < -0.3 is 31.3 Å². The van der Waals surface area contributed by atoms with Gasteiger partial charge in [0, 0.05) is 12.2 Å². The van der Waals surface area contributed by atoms with Crippen molar-refractivity contribution in [2.75, 3.05) is 11.5 Å². The van der Waals surface area contributed by atoms with Crippen LogP contribution in [-0.4, -0.2) is 80.8 Å². The summed E-state index contributed by atoms with van der Waals surface area (Å²) in [5.41, 5.74) is 6.98. The molecule has 7 rings (SSSR count). The van der Waals surface area contributed by atoms with Gasteiger partial charge in [-0.3, -0.25) is 19.2 Å². The van der Waals surface area contributed by atoms with Crippen molar-refractivity contribution in [2.24, 2.45) is 5.92 Å². The number of carbonyl (C=O) groups excluding carboxylic acids is 3. The second-order valence-electron chi connectivity index (χ2n) is 19.0. The standard InChI is InChI=1S/C64H67N3O7S2/c1-46(2)60(57(69)44-59(71)72)67-62(74)56(45-76-64(51-34-18-7-19-35-51,52-36-20-8-21-37-52)53-38-22-9-23-39-53)66-61(73)55(42-47-26-10-3-11-27-47)65-58(70)43-54(68)40-24-25-41-75-63(48-28-12-4-13-29-48,49-30-14-5-15-31-49)50-32-16-6-17-33-50/h3-24,26-40,46,54-57,60,68-69H,25,41-45H2,1-2H3,(H,65,70)(H,66,73)(H,67,74)(H,71,72)/b40-24-/t54-,55-,56?,57+,60-/m1/s1. The van der Waals surface area contributed by atoms with E-state index in [1.807, 2.05) is 146 Å². The number of aliphatic carboxylic acids is 1. The van der Waals surface area contributed by atoms with Crippen molar-refractivity contribution < 1.29 is 34.5 Å². The number of aliphatic hydroxyl groups excluding tert-OH is 2. The average Bonchev–Trinajstić information content (AvgIpc) is 3.45. The number of thioether (sulfide) groups is 2. The fourth-order valence-electron chi connectivity index (χ4n) is 9.58. The summed E-state index contributed by atoms with van der Waals surface area (Å²) in [7, 11) is 0. The molecule has 0 aromatic heterocycles. The Kier molecular flexibility index (Phi) is 20.9. The van der Waals surface area contributed by atoms with Gasteiger partial charge in [0.15, 0.2) is 0 Å². The maximum Gasteiger partial charge on any atom is 0.306 e. The van der Waals surface area contributed by atoms with Crippen molar-refractivity contribution in [3.8, 4) is 0 Å². The topological polar surface area (TPSA) is 165 Å². The third-order valence-electron chi connectivity index (χ3n) is 13.3. The van der Waals surface area contributed by atoms with Crippen molar-refractivity contribution in [2.45, 2.75) is 79.4 Å². The Balaban J connectivity index is 1.12. The van der Waals surface area contributed by atoms with Gasteiger partial charge in [-0.05, 0) is 57.0 Å². The van der Waals surface area contributed by atoms with E-state index in [2.05, 4.69) is 88.7 Å². The molecule has 0 aliphatic heterocycles. The fraction of sp³-hybridized carbons (Fsp3) is 0.250. The molecule has 7 aromatic rings. The van der Waals surface area contributed by atoms with Gasteiger partial charge in [-0.15, -0.1) is 23.5 Å². The molecule has 392 valence electrons. The monoisotopic (exact) mass is 1050 g/mol. The van der Waals surface area contributed by atoms with Gasteiger partial charge in [0.1, 0.15) is 12.1 Å². The number of amides is 3. The van der Waals surface area contributed by atoms with E-state index in [1.165, 1.54) is 11.8 Å². The first kappa shape index (κ1) is 56.5. The molecule has 0 spiro atoms. The SMILES string of the molecule is CC(C)[C@@H](NC(=O)C(CSC(c1ccccc1)(c1ccccc1)c1ccccc1)NC(=O)[C@@H](Cc1ccccc1)NC(=O)C[C@H](O)/C=C\CCSC(c1ccccc1)(c1ccccc1)c1ccccc1)[C@@H](O)CC(=O)O. The summed E-state index contributed by atoms with van der Waals surface area (Å²) in [6.45, 7) is 3.54. The van der Waals surface area contributed by atoms with Crippen LogP contribution in [0.3, 0.4) is 0 Å². The minimum atomic E-state index is -1.42. The molecule has 1 unspecified atom stereocenters. The predicted molar refractivity (Wildman–Crippen MR) is 307 cm³/mol. The Bertz CT molecular complexity index is 2730. The smallest absolute Gasteiger partial charge is 0.306 e. The molecule has 0 fully saturated rings. The molecule has 7 aromatic carbocycles. The van der Waals surface area contributed by atoms with Crippen LogP contribution >= 0.6 is 23.5 Å². The zero-order valence-electron chi connectivity index (χ0n) is 42.9. The fourth-order valence-corrected chi connectivity index (χ4v) is 12.6. The number of carboxylic acids is 1. The van der Waals surface area contributed by atoms with E-state index in [1.54, 1.807) is 31.7 Å². The number of nitrogens with one attached hydrogen (secondary N) is 3. The first-order valence-corrected chi connectivity index (χ1v) is 27.7. The number of rotatable bonds is 27. The lowest BCUT2D eigenvalue weighted by Crippen LogP contribution is -2.58. The Morgan fingerprint density at radius 3 is 1.28 bits per heavy atom. The summed E-state index contributed by atoms with van der Waals surface area (Å²) in [4.78, 5) is 55.3. The highest BCUT2D eigenvalue weighted by Crippen LogP contribution is 2.50. The van der Waals surface area contributed by atoms with Gasteiger partial charge in [0.2, 0.25) is 17.7 Å². The number of benzene rings is 7. The number of hydrogen-bond acceptors (Lipinski definition) is 8. The van der Waals surface area contributed by atoms with Crippen molar-refractivity contribution in [1.82, 2.24) is 16.0 Å². The van der Waals surface area contributed by atoms with E-state index in [0.29, 0.717) is 12.2 Å².